The summed E-state index contributed by atoms with van der Waals surface area (Å²) < 4.78 is 0.125. The summed E-state index contributed by atoms with van der Waals surface area (Å²) in [5, 5.41) is 7.88. The van der Waals surface area contributed by atoms with E-state index in [4.69, 9.17) is 5.26 Å². The molecule has 1 atom stereocenters. The van der Waals surface area contributed by atoms with Gasteiger partial charge in [0, 0.05) is 0 Å². The zero-order valence-electron chi connectivity index (χ0n) is 3.51. The highest BCUT2D eigenvalue weighted by molar-refractivity contribution is 4.19. The van der Waals surface area contributed by atoms with E-state index in [0.29, 0.717) is 6.67 Å². The summed E-state index contributed by atoms with van der Waals surface area (Å²) in [7, 11) is 1.71. The average molecular weight is 91.1 g/mol. The lowest BCUT2D eigenvalue weighted by molar-refractivity contribution is -1.06. The van der Waals surface area contributed by atoms with Crippen LogP contribution in [0.25, 0.3) is 0 Å². The van der Waals surface area contributed by atoms with Gasteiger partial charge in [-0.1, -0.05) is 10.2 Å². The number of hydrogen-bond donors (Lipinski definition) is 2. The second-order valence-corrected chi connectivity index (χ2v) is 1.50. The smallest absolute Gasteiger partial charge is 0.199 e. The molecule has 4 nitrogen and oxygen atoms in total. The molecule has 0 bridgehead atoms. The van der Waals surface area contributed by atoms with Crippen LogP contribution in [0.15, 0.2) is 0 Å². The van der Waals surface area contributed by atoms with Crippen LogP contribution in [-0.2, 0) is 4.99 Å². The first-order valence-corrected chi connectivity index (χ1v) is 1.71. The lowest BCUT2D eigenvalue weighted by Gasteiger charge is -1.94. The van der Waals surface area contributed by atoms with E-state index in [-0.39, 0.29) is 4.76 Å². The maximum absolute atomic E-state index is 7.88. The summed E-state index contributed by atoms with van der Waals surface area (Å²) in [6, 6.07) is 0. The van der Waals surface area contributed by atoms with Crippen LogP contribution in [0.3, 0.4) is 0 Å². The van der Waals surface area contributed by atoms with Crippen LogP contribution >= 0.6 is 0 Å². The summed E-state index contributed by atoms with van der Waals surface area (Å²) in [5.41, 5.74) is 2.73. The van der Waals surface area contributed by atoms with Crippen LogP contribution < -0.4 is 5.43 Å². The van der Waals surface area contributed by atoms with Gasteiger partial charge in [0.15, 0.2) is 0 Å². The fourth-order valence-electron chi connectivity index (χ4n) is 0.157. The van der Waals surface area contributed by atoms with Crippen LogP contribution in [0, 0.1) is 0 Å². The van der Waals surface area contributed by atoms with Crippen molar-refractivity contribution in [3.8, 4) is 0 Å². The molecule has 6 heavy (non-hydrogen) atoms. The SMILES string of the molecule is C[N+]1(OO)CN1. The van der Waals surface area contributed by atoms with Gasteiger partial charge in [0.05, 0.1) is 0 Å². The number of nitrogens with one attached hydrogen (secondary N) is 1. The molecule has 1 unspecified atom stereocenters. The van der Waals surface area contributed by atoms with Crippen LogP contribution in [0.1, 0.15) is 0 Å². The first kappa shape index (κ1) is 4.01. The Morgan fingerprint density at radius 2 is 2.50 bits per heavy atom. The van der Waals surface area contributed by atoms with Crippen molar-refractivity contribution in [3.05, 3.63) is 0 Å². The molecule has 0 aromatic rings. The van der Waals surface area contributed by atoms with E-state index >= 15 is 0 Å². The predicted octanol–water partition coefficient (Wildman–Crippen LogP) is -0.687. The van der Waals surface area contributed by atoms with E-state index in [9.17, 15) is 0 Å². The maximum atomic E-state index is 7.88. The Bertz CT molecular complexity index is 60.6. The van der Waals surface area contributed by atoms with Crippen molar-refractivity contribution in [1.29, 1.82) is 0 Å². The number of rotatable bonds is 1. The third-order valence-corrected chi connectivity index (χ3v) is 0.784. The van der Waals surface area contributed by atoms with Crippen molar-refractivity contribution in [1.82, 2.24) is 5.43 Å². The lowest BCUT2D eigenvalue weighted by atomic mass is 11.2. The van der Waals surface area contributed by atoms with Crippen molar-refractivity contribution in [2.45, 2.75) is 0 Å². The lowest BCUT2D eigenvalue weighted by Crippen LogP contribution is -2.21. The summed E-state index contributed by atoms with van der Waals surface area (Å²) in [6.07, 6.45) is 0. The van der Waals surface area contributed by atoms with Gasteiger partial charge < -0.3 is 0 Å². The average Bonchev–Trinajstić information content (AvgIpc) is 2.22. The normalized spacial score (nSPS) is 43.0. The van der Waals surface area contributed by atoms with Gasteiger partial charge in [-0.3, -0.25) is 0 Å². The molecule has 1 heterocycles. The zero-order chi connectivity index (χ0) is 4.62. The quantitative estimate of drug-likeness (QED) is 0.194. The van der Waals surface area contributed by atoms with Crippen LogP contribution in [0.4, 0.5) is 0 Å². The molecule has 0 radical (unpaired) electrons. The monoisotopic (exact) mass is 91.1 g/mol. The van der Waals surface area contributed by atoms with E-state index < -0.39 is 0 Å². The van der Waals surface area contributed by atoms with Gasteiger partial charge >= 0.3 is 0 Å². The van der Waals surface area contributed by atoms with Gasteiger partial charge in [-0.2, -0.15) is 5.26 Å². The predicted molar refractivity (Wildman–Crippen MR) is 17.9 cm³/mol. The Kier molecular flexibility index (Phi) is 0.611. The second kappa shape index (κ2) is 0.913. The Labute approximate surface area is 35.4 Å². The molecule has 1 rings (SSSR count). The molecule has 0 aromatic carbocycles. The molecular formula is C2H7N2O2+. The van der Waals surface area contributed by atoms with Crippen LogP contribution in [0.5, 0.6) is 0 Å². The van der Waals surface area contributed by atoms with Crippen LogP contribution in [-0.4, -0.2) is 23.7 Å². The number of nitrogens with zero attached hydrogens (tertiary/aromatic N) is 1. The molecule has 1 aliphatic heterocycles. The topological polar surface area (TPSA) is 51.4 Å². The van der Waals surface area contributed by atoms with E-state index in [2.05, 4.69) is 10.4 Å². The Morgan fingerprint density at radius 1 is 2.00 bits per heavy atom. The minimum absolute atomic E-state index is 0.125. The zero-order valence-corrected chi connectivity index (χ0v) is 3.51. The third-order valence-electron chi connectivity index (χ3n) is 0.784. The molecule has 0 aliphatic carbocycles. The molecule has 2 N–H and O–H groups in total. The highest BCUT2D eigenvalue weighted by atomic mass is 17.2. The minimum atomic E-state index is 0.125. The molecule has 0 saturated carbocycles. The highest BCUT2D eigenvalue weighted by Crippen LogP contribution is 2.05. The number of hydroxylamine groups is 2. The van der Waals surface area contributed by atoms with Gasteiger partial charge in [-0.25, -0.2) is 0 Å². The summed E-state index contributed by atoms with van der Waals surface area (Å²) >= 11 is 0. The third kappa shape index (κ3) is 0.504. The van der Waals surface area contributed by atoms with Crippen LogP contribution in [0.2, 0.25) is 0 Å². The molecule has 0 amide bonds. The summed E-state index contributed by atoms with van der Waals surface area (Å²) in [4.78, 5) is 3.88. The van der Waals surface area contributed by atoms with Crippen molar-refractivity contribution in [2.75, 3.05) is 13.7 Å². The second-order valence-electron chi connectivity index (χ2n) is 1.50. The van der Waals surface area contributed by atoms with E-state index in [1.54, 1.807) is 7.05 Å². The molecule has 0 spiro atoms. The van der Waals surface area contributed by atoms with Gasteiger partial charge in [-0.15, -0.1) is 0 Å². The van der Waals surface area contributed by atoms with Crippen molar-refractivity contribution >= 4 is 0 Å². The largest absolute Gasteiger partial charge is 0.229 e. The molecule has 0 aromatic heterocycles. The standard InChI is InChI=1S/C2H6N2O2/c1-4(6-5)2-3-4/h3H,2H2,1H3/p+1. The molecule has 1 aliphatic rings. The van der Waals surface area contributed by atoms with Gasteiger partial charge in [-0.05, 0) is 4.99 Å². The highest BCUT2D eigenvalue weighted by Gasteiger charge is 2.40. The van der Waals surface area contributed by atoms with E-state index in [1.807, 2.05) is 0 Å². The number of hydrogen-bond acceptors (Lipinski definition) is 3. The van der Waals surface area contributed by atoms with Gasteiger partial charge in [0.1, 0.15) is 7.05 Å². The molecular weight excluding hydrogens is 84.0 g/mol. The Balaban J connectivity index is 2.28. The maximum Gasteiger partial charge on any atom is 0.229 e. The molecule has 1 fully saturated rings. The number of quaternary nitrogens is 1. The first-order valence-electron chi connectivity index (χ1n) is 1.71. The summed E-state index contributed by atoms with van der Waals surface area (Å²) in [6.45, 7) is 0.691. The minimum Gasteiger partial charge on any atom is -0.199 e. The van der Waals surface area contributed by atoms with E-state index in [0.717, 1.165) is 0 Å². The first-order chi connectivity index (χ1) is 2.77. The van der Waals surface area contributed by atoms with Gasteiger partial charge in [0.25, 0.3) is 0 Å². The fraction of sp³-hybridized carbons (Fsp3) is 1.00. The van der Waals surface area contributed by atoms with E-state index in [1.165, 1.54) is 0 Å². The fourth-order valence-corrected chi connectivity index (χ4v) is 0.157. The Hall–Kier alpha value is -0.160. The Morgan fingerprint density at radius 3 is 2.50 bits per heavy atom. The molecule has 36 valence electrons. The van der Waals surface area contributed by atoms with Gasteiger partial charge in [0.2, 0.25) is 6.67 Å². The van der Waals surface area contributed by atoms with Crippen molar-refractivity contribution in [3.63, 3.8) is 0 Å². The summed E-state index contributed by atoms with van der Waals surface area (Å²) in [5.74, 6) is 0. The van der Waals surface area contributed by atoms with Crippen molar-refractivity contribution < 1.29 is 15.0 Å². The molecule has 4 heteroatoms. The van der Waals surface area contributed by atoms with Crippen molar-refractivity contribution in [2.24, 2.45) is 0 Å². The molecule has 1 saturated heterocycles.